The van der Waals surface area contributed by atoms with Gasteiger partial charge < -0.3 is 25.0 Å². The molecule has 2 amide bonds. The van der Waals surface area contributed by atoms with Crippen molar-refractivity contribution in [2.24, 2.45) is 0 Å². The number of aliphatic carboxylic acids is 2. The number of rotatable bonds is 8. The van der Waals surface area contributed by atoms with E-state index in [9.17, 15) is 32.7 Å². The highest BCUT2D eigenvalue weighted by molar-refractivity contribution is 7.95. The second-order valence-corrected chi connectivity index (χ2v) is 13.6. The first kappa shape index (κ1) is 34.2. The van der Waals surface area contributed by atoms with Crippen molar-refractivity contribution in [3.63, 3.8) is 0 Å². The van der Waals surface area contributed by atoms with Gasteiger partial charge in [0.2, 0.25) is 11.8 Å². The Kier molecular flexibility index (Phi) is 9.96. The van der Waals surface area contributed by atoms with Crippen molar-refractivity contribution in [3.8, 4) is 5.88 Å². The smallest absolute Gasteiger partial charge is 0.328 e. The van der Waals surface area contributed by atoms with Gasteiger partial charge in [0.15, 0.2) is 5.54 Å². The number of benzene rings is 1. The van der Waals surface area contributed by atoms with E-state index in [4.69, 9.17) is 14.9 Å². The zero-order valence-corrected chi connectivity index (χ0v) is 26.9. The summed E-state index contributed by atoms with van der Waals surface area (Å²) in [7, 11) is 0.308. The molecule has 5 rings (SSSR count). The third-order valence-corrected chi connectivity index (χ3v) is 10.5. The molecule has 1 aromatic carbocycles. The Morgan fingerprint density at radius 3 is 2.33 bits per heavy atom. The predicted molar refractivity (Wildman–Crippen MR) is 166 cm³/mol. The number of hydrogen-bond acceptors (Lipinski definition) is 11. The van der Waals surface area contributed by atoms with Gasteiger partial charge >= 0.3 is 11.9 Å². The molecule has 16 heteroatoms. The van der Waals surface area contributed by atoms with Gasteiger partial charge in [-0.15, -0.1) is 11.3 Å². The fraction of sp³-hybridized carbons (Fsp3) is 0.300. The molecular formula is C30H32N4O10S2. The van der Waals surface area contributed by atoms with Crippen LogP contribution in [0.3, 0.4) is 0 Å². The van der Waals surface area contributed by atoms with Crippen molar-refractivity contribution in [3.05, 3.63) is 82.9 Å². The number of carbonyl (C=O) groups is 4. The van der Waals surface area contributed by atoms with E-state index >= 15 is 0 Å². The van der Waals surface area contributed by atoms with Crippen LogP contribution in [0.4, 0.5) is 5.69 Å². The third-order valence-electron chi connectivity index (χ3n) is 7.40. The fourth-order valence-corrected chi connectivity index (χ4v) is 8.13. The van der Waals surface area contributed by atoms with Gasteiger partial charge in [0, 0.05) is 50.1 Å². The molecule has 244 valence electrons. The Morgan fingerprint density at radius 1 is 1.09 bits per heavy atom. The number of anilines is 1. The molecule has 1 fully saturated rings. The maximum absolute atomic E-state index is 14.9. The molecule has 0 radical (unpaired) electrons. The largest absolute Gasteiger partial charge is 0.481 e. The minimum atomic E-state index is -4.31. The number of pyridine rings is 1. The summed E-state index contributed by atoms with van der Waals surface area (Å²) in [6, 6.07) is 10.5. The first-order valence-corrected chi connectivity index (χ1v) is 16.0. The second-order valence-electron chi connectivity index (χ2n) is 10.6. The monoisotopic (exact) mass is 672 g/mol. The van der Waals surface area contributed by atoms with Crippen LogP contribution in [-0.4, -0.2) is 102 Å². The van der Waals surface area contributed by atoms with Gasteiger partial charge in [-0.05, 0) is 43.0 Å². The molecule has 1 unspecified atom stereocenters. The lowest BCUT2D eigenvalue weighted by Gasteiger charge is -2.41. The Labute approximate surface area is 268 Å². The molecule has 0 aliphatic carbocycles. The number of likely N-dealkylation sites (N-methyl/N-ethyl adjacent to an activating group) is 1. The van der Waals surface area contributed by atoms with Gasteiger partial charge in [0.05, 0.1) is 24.9 Å². The van der Waals surface area contributed by atoms with Crippen molar-refractivity contribution < 1.29 is 47.7 Å². The standard InChI is InChI=1S/C26H28N4O6S2.C4H4O4/c1-16-9-10-20-19(13-16)26(18-7-5-11-27-23(18)36-4,29-15-17(31)14-21(29)24(32)28(2)3)25(33)30(20)38(34,35)22-8-6-12-37-22;5-3(6)1-2-4(7)8/h5-13,17,21,31H,14-15H2,1-4H3;1-2H,(H,5,6)(H,7,8)/b;2-1+/t17-,21+,26?;/m1./s1. The lowest BCUT2D eigenvalue weighted by Crippen LogP contribution is -2.59. The molecule has 2 aromatic heterocycles. The summed E-state index contributed by atoms with van der Waals surface area (Å²) in [5.74, 6) is -3.50. The first-order chi connectivity index (χ1) is 21.7. The first-order valence-electron chi connectivity index (χ1n) is 13.7. The molecule has 1 saturated heterocycles. The zero-order valence-electron chi connectivity index (χ0n) is 25.2. The number of aromatic nitrogens is 1. The van der Waals surface area contributed by atoms with E-state index in [0.29, 0.717) is 17.7 Å². The van der Waals surface area contributed by atoms with Crippen molar-refractivity contribution in [1.82, 2.24) is 14.8 Å². The number of carboxylic acids is 2. The molecule has 3 aromatic rings. The molecule has 2 aliphatic rings. The van der Waals surface area contributed by atoms with Gasteiger partial charge in [-0.25, -0.2) is 14.6 Å². The number of amides is 2. The van der Waals surface area contributed by atoms with E-state index < -0.39 is 45.6 Å². The van der Waals surface area contributed by atoms with Gasteiger partial charge in [-0.2, -0.15) is 12.7 Å². The van der Waals surface area contributed by atoms with Crippen LogP contribution < -0.4 is 9.04 Å². The van der Waals surface area contributed by atoms with E-state index in [-0.39, 0.29) is 40.2 Å². The molecular weight excluding hydrogens is 640 g/mol. The maximum Gasteiger partial charge on any atom is 0.328 e. The number of thiophene rings is 1. The molecule has 3 N–H and O–H groups in total. The number of fused-ring (bicyclic) bond motifs is 1. The number of ether oxygens (including phenoxy) is 1. The molecule has 2 aliphatic heterocycles. The van der Waals surface area contributed by atoms with E-state index in [2.05, 4.69) is 4.98 Å². The quantitative estimate of drug-likeness (QED) is 0.294. The molecule has 14 nitrogen and oxygen atoms in total. The Balaban J connectivity index is 0.000000533. The van der Waals surface area contributed by atoms with Crippen molar-refractivity contribution in [1.29, 1.82) is 0 Å². The minimum absolute atomic E-state index is 0.00806. The van der Waals surface area contributed by atoms with Crippen LogP contribution in [0.2, 0.25) is 0 Å². The van der Waals surface area contributed by atoms with Crippen LogP contribution in [0.5, 0.6) is 5.88 Å². The summed E-state index contributed by atoms with van der Waals surface area (Å²) in [6.45, 7) is 1.79. The number of aliphatic hydroxyl groups excluding tert-OH is 1. The lowest BCUT2D eigenvalue weighted by molar-refractivity contribution is -0.138. The topological polar surface area (TPSA) is 195 Å². The van der Waals surface area contributed by atoms with Crippen LogP contribution in [-0.2, 0) is 34.7 Å². The molecule has 3 atom stereocenters. The van der Waals surface area contributed by atoms with Crippen LogP contribution >= 0.6 is 11.3 Å². The average Bonchev–Trinajstić information content (AvgIpc) is 3.74. The molecule has 46 heavy (non-hydrogen) atoms. The zero-order chi connectivity index (χ0) is 34.0. The SMILES string of the molecule is COc1ncccc1C1(N2C[C@H](O)C[C@H]2C(=O)N(C)C)C(=O)N(S(=O)(=O)c2cccs2)c2ccc(C)cc21.O=C(O)/C=C/C(=O)O. The molecule has 4 heterocycles. The highest BCUT2D eigenvalue weighted by atomic mass is 32.2. The maximum atomic E-state index is 14.9. The number of carboxylic acid groups (broad SMARTS) is 2. The number of carbonyl (C=O) groups excluding carboxylic acids is 2. The van der Waals surface area contributed by atoms with E-state index in [1.54, 1.807) is 60.8 Å². The number of nitrogens with zero attached hydrogens (tertiary/aromatic N) is 4. The predicted octanol–water partition coefficient (Wildman–Crippen LogP) is 1.67. The minimum Gasteiger partial charge on any atom is -0.481 e. The summed E-state index contributed by atoms with van der Waals surface area (Å²) in [6.07, 6.45) is 1.78. The summed E-state index contributed by atoms with van der Waals surface area (Å²) >= 11 is 1.01. The van der Waals surface area contributed by atoms with Gasteiger partial charge in [0.25, 0.3) is 15.9 Å². The number of methoxy groups -OCH3 is 1. The van der Waals surface area contributed by atoms with Crippen molar-refractivity contribution >= 4 is 50.8 Å². The number of aliphatic hydroxyl groups is 1. The fourth-order valence-electron chi connectivity index (χ4n) is 5.61. The summed E-state index contributed by atoms with van der Waals surface area (Å²) in [5.41, 5.74) is -0.195. The van der Waals surface area contributed by atoms with Gasteiger partial charge in [-0.3, -0.25) is 14.5 Å². The van der Waals surface area contributed by atoms with Gasteiger partial charge in [0.1, 0.15) is 4.21 Å². The van der Waals surface area contributed by atoms with E-state index in [1.165, 1.54) is 24.3 Å². The van der Waals surface area contributed by atoms with Gasteiger partial charge in [-0.1, -0.05) is 23.8 Å². The van der Waals surface area contributed by atoms with Crippen LogP contribution in [0, 0.1) is 6.92 Å². The van der Waals surface area contributed by atoms with Crippen LogP contribution in [0.15, 0.2) is 70.4 Å². The number of hydrogen-bond donors (Lipinski definition) is 3. The van der Waals surface area contributed by atoms with E-state index in [1.807, 2.05) is 6.92 Å². The van der Waals surface area contributed by atoms with E-state index in [0.717, 1.165) is 21.2 Å². The summed E-state index contributed by atoms with van der Waals surface area (Å²) in [4.78, 5) is 54.7. The van der Waals surface area contributed by atoms with Crippen molar-refractivity contribution in [2.45, 2.75) is 35.2 Å². The highest BCUT2D eigenvalue weighted by Crippen LogP contribution is 2.54. The normalized spacial score (nSPS) is 21.1. The Bertz CT molecular complexity index is 1780. The highest BCUT2D eigenvalue weighted by Gasteiger charge is 2.64. The number of β-amino-alcohol motifs (C(OH)–C–C–N with tert-alkyl or cyclic N) is 1. The number of sulfonamides is 1. The average molecular weight is 673 g/mol. The number of likely N-dealkylation sites (tertiary alicyclic amines) is 1. The Hall–Kier alpha value is -4.64. The summed E-state index contributed by atoms with van der Waals surface area (Å²) in [5, 5.41) is 28.1. The molecule has 0 bridgehead atoms. The molecule has 0 spiro atoms. The lowest BCUT2D eigenvalue weighted by atomic mass is 9.81. The molecule has 0 saturated carbocycles. The van der Waals surface area contributed by atoms with Crippen LogP contribution in [0.25, 0.3) is 0 Å². The summed E-state index contributed by atoms with van der Waals surface area (Å²) < 4.78 is 34.3. The third kappa shape index (κ3) is 6.11. The Morgan fingerprint density at radius 2 is 1.76 bits per heavy atom. The number of aryl methyl sites for hydroxylation is 1. The second kappa shape index (κ2) is 13.4. The van der Waals surface area contributed by atoms with Crippen molar-refractivity contribution in [2.75, 3.05) is 32.1 Å². The van der Waals surface area contributed by atoms with Crippen LogP contribution in [0.1, 0.15) is 23.1 Å².